The molecular weight excluding hydrogens is 620 g/mol. The molecule has 10 heteroatoms. The third kappa shape index (κ3) is 9.67. The summed E-state index contributed by atoms with van der Waals surface area (Å²) in [4.78, 5) is 30.4. The van der Waals surface area contributed by atoms with Crippen LogP contribution < -0.4 is 10.6 Å². The molecule has 3 aliphatic rings. The molecule has 3 fully saturated rings. The number of esters is 1. The summed E-state index contributed by atoms with van der Waals surface area (Å²) >= 11 is 0. The Labute approximate surface area is 289 Å². The van der Waals surface area contributed by atoms with Gasteiger partial charge in [-0.1, -0.05) is 78.9 Å². The van der Waals surface area contributed by atoms with Gasteiger partial charge >= 0.3 is 12.0 Å². The van der Waals surface area contributed by atoms with Crippen LogP contribution in [0.2, 0.25) is 0 Å². The van der Waals surface area contributed by atoms with Crippen molar-refractivity contribution in [1.82, 2.24) is 20.4 Å². The van der Waals surface area contributed by atoms with Gasteiger partial charge in [-0.05, 0) is 67.6 Å². The van der Waals surface area contributed by atoms with Crippen LogP contribution in [0.15, 0.2) is 78.9 Å². The molecule has 3 saturated heterocycles. The quantitative estimate of drug-likeness (QED) is 0.221. The van der Waals surface area contributed by atoms with Gasteiger partial charge in [0.05, 0.1) is 25.9 Å². The molecule has 262 valence electrons. The van der Waals surface area contributed by atoms with Crippen molar-refractivity contribution in [2.45, 2.75) is 82.3 Å². The number of carbonyl (C=O) groups is 2. The van der Waals surface area contributed by atoms with Gasteiger partial charge in [0.1, 0.15) is 6.04 Å². The Hall–Kier alpha value is -3.80. The molecule has 2 amide bonds. The molecule has 0 radical (unpaired) electrons. The topological polar surface area (TPSA) is 113 Å². The minimum Gasteiger partial charge on any atom is -0.467 e. The molecule has 3 aliphatic heterocycles. The van der Waals surface area contributed by atoms with Crippen molar-refractivity contribution in [2.24, 2.45) is 0 Å². The zero-order valence-corrected chi connectivity index (χ0v) is 28.5. The lowest BCUT2D eigenvalue weighted by Crippen LogP contribution is -2.47. The van der Waals surface area contributed by atoms with Gasteiger partial charge in [0, 0.05) is 44.1 Å². The Morgan fingerprint density at radius 3 is 2.29 bits per heavy atom. The summed E-state index contributed by atoms with van der Waals surface area (Å²) < 4.78 is 18.2. The number of nitrogens with one attached hydrogen (secondary N) is 2. The highest BCUT2D eigenvalue weighted by molar-refractivity contribution is 5.83. The number of ether oxygens (including phenoxy) is 3. The molecule has 6 rings (SSSR count). The second kappa shape index (κ2) is 17.2. The number of urea groups is 1. The lowest BCUT2D eigenvalue weighted by molar-refractivity contribution is -0.253. The van der Waals surface area contributed by atoms with Crippen LogP contribution in [0, 0.1) is 0 Å². The number of aliphatic hydroxyl groups excluding tert-OH is 1. The van der Waals surface area contributed by atoms with E-state index in [1.165, 1.54) is 45.9 Å². The number of likely N-dealkylation sites (tertiary alicyclic amines) is 2. The van der Waals surface area contributed by atoms with Crippen molar-refractivity contribution < 1.29 is 28.9 Å². The SMILES string of the molecule is COC(=O)[C@H](Cc1ccccc1)NC(=O)NCc1ccc([C@@H]2O[C@H](CN3CCC[C@H]3CN3CCCC3)C[C@H](c3ccc(CO)cc3)O2)cc1. The van der Waals surface area contributed by atoms with E-state index >= 15 is 0 Å². The highest BCUT2D eigenvalue weighted by Gasteiger charge is 2.36. The largest absolute Gasteiger partial charge is 0.467 e. The van der Waals surface area contributed by atoms with Gasteiger partial charge in [0.15, 0.2) is 6.29 Å². The Balaban J connectivity index is 1.08. The van der Waals surface area contributed by atoms with E-state index in [0.29, 0.717) is 12.5 Å². The summed E-state index contributed by atoms with van der Waals surface area (Å²) in [7, 11) is 1.32. The molecule has 49 heavy (non-hydrogen) atoms. The maximum Gasteiger partial charge on any atom is 0.328 e. The van der Waals surface area contributed by atoms with E-state index in [9.17, 15) is 14.7 Å². The van der Waals surface area contributed by atoms with Crippen LogP contribution in [0.5, 0.6) is 0 Å². The number of amides is 2. The Bertz CT molecular complexity index is 1480. The second-order valence-corrected chi connectivity index (χ2v) is 13.5. The maximum atomic E-state index is 12.8. The van der Waals surface area contributed by atoms with E-state index in [0.717, 1.165) is 53.9 Å². The number of benzene rings is 3. The van der Waals surface area contributed by atoms with Gasteiger partial charge in [0.25, 0.3) is 0 Å². The first-order valence-corrected chi connectivity index (χ1v) is 17.7. The van der Waals surface area contributed by atoms with Crippen LogP contribution in [-0.4, -0.2) is 84.9 Å². The number of carbonyl (C=O) groups excluding carboxylic acids is 2. The Kier molecular flexibility index (Phi) is 12.3. The number of methoxy groups -OCH3 is 1. The zero-order valence-electron chi connectivity index (χ0n) is 28.5. The Morgan fingerprint density at radius 2 is 1.57 bits per heavy atom. The molecule has 3 heterocycles. The molecule has 0 unspecified atom stereocenters. The third-order valence-electron chi connectivity index (χ3n) is 10.00. The molecule has 0 saturated carbocycles. The van der Waals surface area contributed by atoms with E-state index in [1.807, 2.05) is 78.9 Å². The molecule has 3 N–H and O–H groups in total. The molecule has 0 aliphatic carbocycles. The monoisotopic (exact) mass is 670 g/mol. The summed E-state index contributed by atoms with van der Waals surface area (Å²) in [5.74, 6) is -0.497. The first kappa shape index (κ1) is 35.0. The molecule has 0 bridgehead atoms. The van der Waals surface area contributed by atoms with Crippen LogP contribution in [0.3, 0.4) is 0 Å². The van der Waals surface area contributed by atoms with Crippen molar-refractivity contribution in [3.63, 3.8) is 0 Å². The van der Waals surface area contributed by atoms with Gasteiger partial charge in [-0.2, -0.15) is 0 Å². The van der Waals surface area contributed by atoms with Gasteiger partial charge in [0.2, 0.25) is 0 Å². The first-order valence-electron chi connectivity index (χ1n) is 17.7. The fourth-order valence-electron chi connectivity index (χ4n) is 7.27. The second-order valence-electron chi connectivity index (χ2n) is 13.5. The van der Waals surface area contributed by atoms with E-state index in [4.69, 9.17) is 14.2 Å². The summed E-state index contributed by atoms with van der Waals surface area (Å²) in [6, 6.07) is 24.8. The molecular formula is C39H50N4O6. The number of rotatable bonds is 13. The van der Waals surface area contributed by atoms with E-state index in [2.05, 4.69) is 20.4 Å². The van der Waals surface area contributed by atoms with Crippen LogP contribution in [-0.2, 0) is 38.6 Å². The number of hydrogen-bond acceptors (Lipinski definition) is 8. The van der Waals surface area contributed by atoms with Gasteiger partial charge in [-0.25, -0.2) is 9.59 Å². The fraction of sp³-hybridized carbons (Fsp3) is 0.487. The summed E-state index contributed by atoms with van der Waals surface area (Å²) in [6.45, 7) is 5.83. The summed E-state index contributed by atoms with van der Waals surface area (Å²) in [5.41, 5.74) is 4.70. The van der Waals surface area contributed by atoms with Crippen LogP contribution in [0.1, 0.15) is 72.3 Å². The minimum absolute atomic E-state index is 0.00382. The number of nitrogens with zero attached hydrogens (tertiary/aromatic N) is 2. The highest BCUT2D eigenvalue weighted by atomic mass is 16.7. The van der Waals surface area contributed by atoms with Gasteiger partial charge < -0.3 is 34.9 Å². The normalized spacial score (nSPS) is 23.6. The minimum atomic E-state index is -0.799. The summed E-state index contributed by atoms with van der Waals surface area (Å²) in [6.07, 6.45) is 5.49. The predicted octanol–water partition coefficient (Wildman–Crippen LogP) is 4.87. The van der Waals surface area contributed by atoms with Gasteiger partial charge in [-0.3, -0.25) is 4.90 Å². The molecule has 3 aromatic carbocycles. The number of aliphatic hydroxyl groups is 1. The van der Waals surface area contributed by atoms with Crippen LogP contribution >= 0.6 is 0 Å². The lowest BCUT2D eigenvalue weighted by atomic mass is 9.99. The fourth-order valence-corrected chi connectivity index (χ4v) is 7.27. The molecule has 0 spiro atoms. The molecule has 3 aromatic rings. The third-order valence-corrected chi connectivity index (χ3v) is 10.00. The van der Waals surface area contributed by atoms with Gasteiger partial charge in [-0.15, -0.1) is 0 Å². The first-order chi connectivity index (χ1) is 24.0. The highest BCUT2D eigenvalue weighted by Crippen LogP contribution is 2.39. The average Bonchev–Trinajstić information content (AvgIpc) is 3.83. The molecule has 0 aromatic heterocycles. The van der Waals surface area contributed by atoms with Crippen molar-refractivity contribution in [3.05, 3.63) is 107 Å². The van der Waals surface area contributed by atoms with Crippen LogP contribution in [0.4, 0.5) is 4.79 Å². The van der Waals surface area contributed by atoms with Crippen molar-refractivity contribution in [2.75, 3.05) is 39.8 Å². The van der Waals surface area contributed by atoms with E-state index in [1.54, 1.807) is 0 Å². The smallest absolute Gasteiger partial charge is 0.328 e. The Morgan fingerprint density at radius 1 is 0.857 bits per heavy atom. The van der Waals surface area contributed by atoms with E-state index in [-0.39, 0.29) is 25.4 Å². The average molecular weight is 671 g/mol. The molecule has 10 nitrogen and oxygen atoms in total. The maximum absolute atomic E-state index is 12.8. The van der Waals surface area contributed by atoms with Crippen LogP contribution in [0.25, 0.3) is 0 Å². The standard InChI is InChI=1S/C39H50N4O6/c1-47-37(45)35(22-28-8-3-2-4-9-28)41-39(46)40-24-29-11-17-32(18-12-29)38-48-34(23-36(49-38)31-15-13-30(27-44)14-16-31)26-43-21-7-10-33(43)25-42-19-5-6-20-42/h2-4,8-9,11-18,33-36,38,44H,5-7,10,19-27H2,1H3,(H2,40,41,46)/t33-,34-,35-,36+,38+/m0/s1. The zero-order chi connectivity index (χ0) is 34.0. The lowest BCUT2D eigenvalue weighted by Gasteiger charge is -2.39. The molecule has 5 atom stereocenters. The van der Waals surface area contributed by atoms with Crippen molar-refractivity contribution in [3.8, 4) is 0 Å². The van der Waals surface area contributed by atoms with E-state index < -0.39 is 24.3 Å². The summed E-state index contributed by atoms with van der Waals surface area (Å²) in [5, 5.41) is 15.2. The number of hydrogen-bond donors (Lipinski definition) is 3. The van der Waals surface area contributed by atoms with Crippen molar-refractivity contribution in [1.29, 1.82) is 0 Å². The van der Waals surface area contributed by atoms with Crippen molar-refractivity contribution >= 4 is 12.0 Å². The predicted molar refractivity (Wildman–Crippen MR) is 186 cm³/mol.